The van der Waals surface area contributed by atoms with Gasteiger partial charge in [-0.2, -0.15) is 5.21 Å². The summed E-state index contributed by atoms with van der Waals surface area (Å²) in [4.78, 5) is 13.8. The van der Waals surface area contributed by atoms with E-state index in [2.05, 4.69) is 27.2 Å². The number of H-pyrrole nitrogens is 1. The first-order valence-electron chi connectivity index (χ1n) is 11.4. The zero-order valence-electron chi connectivity index (χ0n) is 20.5. The Morgan fingerprint density at radius 3 is 2.40 bits per heavy atom. The molecule has 0 atom stereocenters. The quantitative estimate of drug-likeness (QED) is 0.322. The lowest BCUT2D eigenvalue weighted by atomic mass is 9.96. The molecule has 0 radical (unpaired) electrons. The van der Waals surface area contributed by atoms with Gasteiger partial charge in [0.05, 0.1) is 5.70 Å². The predicted molar refractivity (Wildman–Crippen MR) is 135 cm³/mol. The van der Waals surface area contributed by atoms with E-state index in [1.54, 1.807) is 4.90 Å². The maximum absolute atomic E-state index is 12.2. The highest BCUT2D eigenvalue weighted by Gasteiger charge is 2.29. The molecule has 5 N–H and O–H groups in total. The average molecular weight is 477 g/mol. The predicted octanol–water partition coefficient (Wildman–Crippen LogP) is 3.98. The van der Waals surface area contributed by atoms with Crippen molar-refractivity contribution in [3.8, 4) is 22.5 Å². The fourth-order valence-corrected chi connectivity index (χ4v) is 3.78. The van der Waals surface area contributed by atoms with Crippen LogP contribution in [0.2, 0.25) is 0 Å². The maximum atomic E-state index is 12.2. The van der Waals surface area contributed by atoms with Crippen LogP contribution in [0.15, 0.2) is 66.1 Å². The summed E-state index contributed by atoms with van der Waals surface area (Å²) in [5.41, 5.74) is 9.63. The lowest BCUT2D eigenvalue weighted by Gasteiger charge is -2.31. The van der Waals surface area contributed by atoms with E-state index in [-0.39, 0.29) is 17.9 Å². The highest BCUT2D eigenvalue weighted by Crippen LogP contribution is 2.32. The van der Waals surface area contributed by atoms with Crippen molar-refractivity contribution in [2.45, 2.75) is 52.7 Å². The van der Waals surface area contributed by atoms with Crippen LogP contribution < -0.4 is 5.73 Å². The number of allylic oxidation sites excluding steroid dienone is 1. The van der Waals surface area contributed by atoms with Crippen LogP contribution in [0, 0.1) is 6.92 Å². The smallest absolute Gasteiger partial charge is 0.354 e. The number of carbonyl (C=O) groups is 1. The third-order valence-electron chi connectivity index (χ3n) is 5.67. The molecule has 3 aromatic rings. The molecule has 0 aliphatic rings. The van der Waals surface area contributed by atoms with Crippen LogP contribution in [0.1, 0.15) is 44.7 Å². The normalized spacial score (nSPS) is 12.3. The Morgan fingerprint density at radius 2 is 1.86 bits per heavy atom. The molecule has 184 valence electrons. The summed E-state index contributed by atoms with van der Waals surface area (Å²) < 4.78 is 0. The Labute approximate surface area is 205 Å². The molecule has 3 rings (SSSR count). The second-order valence-corrected chi connectivity index (χ2v) is 9.01. The highest BCUT2D eigenvalue weighted by molar-refractivity contribution is 5.87. The van der Waals surface area contributed by atoms with E-state index in [9.17, 15) is 15.0 Å². The van der Waals surface area contributed by atoms with Gasteiger partial charge in [0.25, 0.3) is 0 Å². The monoisotopic (exact) mass is 476 g/mol. The Kier molecular flexibility index (Phi) is 7.71. The molecule has 9 heteroatoms. The van der Waals surface area contributed by atoms with Crippen molar-refractivity contribution in [2.75, 3.05) is 0 Å². The number of aromatic nitrogens is 4. The number of hydrogen-bond donors (Lipinski definition) is 4. The molecule has 0 bridgehead atoms. The lowest BCUT2D eigenvalue weighted by molar-refractivity contribution is -0.134. The van der Waals surface area contributed by atoms with Crippen LogP contribution >= 0.6 is 0 Å². The van der Waals surface area contributed by atoms with Gasteiger partial charge < -0.3 is 20.8 Å². The highest BCUT2D eigenvalue weighted by atomic mass is 16.4. The van der Waals surface area contributed by atoms with E-state index in [1.165, 1.54) is 13.8 Å². The fourth-order valence-electron chi connectivity index (χ4n) is 3.78. The van der Waals surface area contributed by atoms with Gasteiger partial charge in [0, 0.05) is 17.8 Å². The summed E-state index contributed by atoms with van der Waals surface area (Å²) in [6.45, 7) is 11.2. The van der Waals surface area contributed by atoms with Crippen molar-refractivity contribution >= 4 is 5.97 Å². The molecule has 1 heterocycles. The van der Waals surface area contributed by atoms with Gasteiger partial charge in [0.2, 0.25) is 5.82 Å². The first-order valence-corrected chi connectivity index (χ1v) is 11.4. The molecule has 0 unspecified atom stereocenters. The summed E-state index contributed by atoms with van der Waals surface area (Å²) in [6, 6.07) is 13.8. The standard InChI is InChI=1S/C26H32N6O3/c1-6-7-17(3)32(22(25(33)34)23(27)26(4,5)35)15-18-9-11-19(12-10-18)20-13-8-16(2)14-21(20)24-28-30-31-29-24/h8-14,35H,3,6-7,15,27H2,1-2,4-5H3,(H,33,34)(H,28,29,30,31)/b23-22-. The molecule has 0 aliphatic heterocycles. The van der Waals surface area contributed by atoms with Gasteiger partial charge in [-0.15, -0.1) is 10.2 Å². The Hall–Kier alpha value is -3.98. The average Bonchev–Trinajstić information content (AvgIpc) is 3.33. The third kappa shape index (κ3) is 5.93. The summed E-state index contributed by atoms with van der Waals surface area (Å²) in [5, 5.41) is 34.8. The Balaban J connectivity index is 1.99. The van der Waals surface area contributed by atoms with Crippen LogP contribution in [0.4, 0.5) is 0 Å². The second-order valence-electron chi connectivity index (χ2n) is 9.01. The first-order chi connectivity index (χ1) is 16.5. The van der Waals surface area contributed by atoms with Gasteiger partial charge in [-0.3, -0.25) is 0 Å². The molecule has 0 saturated carbocycles. The van der Waals surface area contributed by atoms with E-state index in [0.29, 0.717) is 17.9 Å². The van der Waals surface area contributed by atoms with E-state index >= 15 is 0 Å². The van der Waals surface area contributed by atoms with Crippen LogP contribution in [0.25, 0.3) is 22.5 Å². The summed E-state index contributed by atoms with van der Waals surface area (Å²) in [5.74, 6) is -0.712. The van der Waals surface area contributed by atoms with Crippen molar-refractivity contribution in [1.82, 2.24) is 25.5 Å². The fraction of sp³-hybridized carbons (Fsp3) is 0.308. The summed E-state index contributed by atoms with van der Waals surface area (Å²) in [6.07, 6.45) is 1.38. The van der Waals surface area contributed by atoms with Gasteiger partial charge in [-0.1, -0.05) is 61.9 Å². The van der Waals surface area contributed by atoms with E-state index in [0.717, 1.165) is 34.2 Å². The summed E-state index contributed by atoms with van der Waals surface area (Å²) >= 11 is 0. The van der Waals surface area contributed by atoms with Gasteiger partial charge in [0.1, 0.15) is 11.3 Å². The minimum atomic E-state index is -1.50. The number of aliphatic hydroxyl groups is 1. The topological polar surface area (TPSA) is 141 Å². The van der Waals surface area contributed by atoms with Gasteiger partial charge >= 0.3 is 5.97 Å². The van der Waals surface area contributed by atoms with Crippen LogP contribution in [0.3, 0.4) is 0 Å². The number of aromatic amines is 1. The lowest BCUT2D eigenvalue weighted by Crippen LogP contribution is -2.37. The van der Waals surface area contributed by atoms with Gasteiger partial charge in [0.15, 0.2) is 0 Å². The molecule has 1 aromatic heterocycles. The molecule has 35 heavy (non-hydrogen) atoms. The number of nitrogens with one attached hydrogen (secondary N) is 1. The van der Waals surface area contributed by atoms with E-state index in [4.69, 9.17) is 5.73 Å². The summed E-state index contributed by atoms with van der Waals surface area (Å²) in [7, 11) is 0. The zero-order valence-corrected chi connectivity index (χ0v) is 20.5. The Morgan fingerprint density at radius 1 is 1.17 bits per heavy atom. The van der Waals surface area contributed by atoms with Gasteiger partial charge in [-0.05, 0) is 55.2 Å². The number of rotatable bonds is 10. The molecule has 9 nitrogen and oxygen atoms in total. The van der Waals surface area contributed by atoms with Crippen LogP contribution in [0.5, 0.6) is 0 Å². The van der Waals surface area contributed by atoms with Crippen molar-refractivity contribution in [2.24, 2.45) is 5.73 Å². The molecular weight excluding hydrogens is 444 g/mol. The van der Waals surface area contributed by atoms with Crippen molar-refractivity contribution < 1.29 is 15.0 Å². The van der Waals surface area contributed by atoms with Gasteiger partial charge in [-0.25, -0.2) is 4.79 Å². The number of tetrazole rings is 1. The maximum Gasteiger partial charge on any atom is 0.354 e. The molecule has 0 aliphatic carbocycles. The first kappa shape index (κ1) is 25.6. The number of hydrogen-bond acceptors (Lipinski definition) is 7. The molecule has 0 amide bonds. The number of aliphatic carboxylic acids is 1. The minimum absolute atomic E-state index is 0.122. The Bertz CT molecular complexity index is 1220. The van der Waals surface area contributed by atoms with Crippen molar-refractivity contribution in [1.29, 1.82) is 0 Å². The molecular formula is C26H32N6O3. The third-order valence-corrected chi connectivity index (χ3v) is 5.67. The number of aryl methyl sites for hydroxylation is 1. The number of benzene rings is 2. The number of nitrogens with zero attached hydrogens (tertiary/aromatic N) is 4. The van der Waals surface area contributed by atoms with Crippen LogP contribution in [-0.2, 0) is 11.3 Å². The number of carboxylic acids is 1. The molecule has 2 aromatic carbocycles. The van der Waals surface area contributed by atoms with Crippen LogP contribution in [-0.4, -0.2) is 47.3 Å². The second kappa shape index (κ2) is 10.5. The molecule has 0 fully saturated rings. The molecule has 0 spiro atoms. The number of carboxylic acid groups (broad SMARTS) is 1. The molecule has 0 saturated heterocycles. The van der Waals surface area contributed by atoms with Crippen molar-refractivity contribution in [3.63, 3.8) is 0 Å². The van der Waals surface area contributed by atoms with E-state index < -0.39 is 11.6 Å². The zero-order chi connectivity index (χ0) is 25.8. The SMILES string of the molecule is C=C(CCC)N(Cc1ccc(-c2ccc(C)cc2-c2nn[nH]n2)cc1)/C(C(=O)O)=C(\N)C(C)(C)O. The van der Waals surface area contributed by atoms with E-state index in [1.807, 2.05) is 56.3 Å². The number of nitrogens with two attached hydrogens (primary N) is 1. The van der Waals surface area contributed by atoms with Crippen molar-refractivity contribution in [3.05, 3.63) is 77.3 Å². The minimum Gasteiger partial charge on any atom is -0.477 e. The largest absolute Gasteiger partial charge is 0.477 e.